The highest BCUT2D eigenvalue weighted by atomic mass is 16.7. The third-order valence-electron chi connectivity index (χ3n) is 3.34. The van der Waals surface area contributed by atoms with Crippen LogP contribution in [0.25, 0.3) is 0 Å². The van der Waals surface area contributed by atoms with Crippen LogP contribution in [0.1, 0.15) is 33.1 Å². The van der Waals surface area contributed by atoms with Gasteiger partial charge in [-0.1, -0.05) is 0 Å². The summed E-state index contributed by atoms with van der Waals surface area (Å²) in [5.74, 6) is -0.309. The van der Waals surface area contributed by atoms with Crippen LogP contribution in [0.4, 0.5) is 0 Å². The smallest absolute Gasteiger partial charge is 0.217 e. The number of rotatable bonds is 7. The largest absolute Gasteiger partial charge is 0.388 e. The second kappa shape index (κ2) is 8.53. The molecule has 0 radical (unpaired) electrons. The molecule has 0 aliphatic carbocycles. The molecule has 118 valence electrons. The van der Waals surface area contributed by atoms with Gasteiger partial charge in [0, 0.05) is 13.5 Å². The summed E-state index contributed by atoms with van der Waals surface area (Å²) in [6, 6.07) is -0.770. The zero-order chi connectivity index (χ0) is 15.1. The standard InChI is InChI=1S/C13H26N2O5/c1-8-11(17)12(18)10(15-9(2)16)13(20-8)19-7-5-3-4-6-14/h8,10-13,17-18H,3-7,14H2,1-2H3,(H,15,16)/t8?,10?,11-,12?,13+/m1/s1. The molecule has 5 atom stereocenters. The van der Waals surface area contributed by atoms with E-state index in [0.29, 0.717) is 13.2 Å². The van der Waals surface area contributed by atoms with E-state index in [0.717, 1.165) is 19.3 Å². The first-order chi connectivity index (χ1) is 9.47. The highest BCUT2D eigenvalue weighted by Gasteiger charge is 2.43. The lowest BCUT2D eigenvalue weighted by atomic mass is 9.97. The Bertz CT molecular complexity index is 302. The molecule has 0 aromatic carbocycles. The van der Waals surface area contributed by atoms with E-state index in [2.05, 4.69) is 5.32 Å². The Balaban J connectivity index is 2.52. The van der Waals surface area contributed by atoms with E-state index in [4.69, 9.17) is 15.2 Å². The van der Waals surface area contributed by atoms with Gasteiger partial charge in [0.1, 0.15) is 18.2 Å². The predicted molar refractivity (Wildman–Crippen MR) is 72.8 cm³/mol. The number of hydrogen-bond donors (Lipinski definition) is 4. The summed E-state index contributed by atoms with van der Waals surface area (Å²) in [7, 11) is 0. The Kier molecular flexibility index (Phi) is 7.39. The van der Waals surface area contributed by atoms with Crippen molar-refractivity contribution in [2.75, 3.05) is 13.2 Å². The van der Waals surface area contributed by atoms with Gasteiger partial charge in [-0.05, 0) is 32.7 Å². The first-order valence-corrected chi connectivity index (χ1v) is 7.07. The van der Waals surface area contributed by atoms with Crippen LogP contribution < -0.4 is 11.1 Å². The topological polar surface area (TPSA) is 114 Å². The first-order valence-electron chi connectivity index (χ1n) is 7.07. The molecule has 3 unspecified atom stereocenters. The third-order valence-corrected chi connectivity index (χ3v) is 3.34. The van der Waals surface area contributed by atoms with Crippen LogP contribution >= 0.6 is 0 Å². The molecule has 1 amide bonds. The van der Waals surface area contributed by atoms with Gasteiger partial charge in [0.25, 0.3) is 0 Å². The predicted octanol–water partition coefficient (Wildman–Crippen LogP) is -0.897. The van der Waals surface area contributed by atoms with Crippen molar-refractivity contribution in [3.63, 3.8) is 0 Å². The van der Waals surface area contributed by atoms with Gasteiger partial charge in [-0.25, -0.2) is 0 Å². The summed E-state index contributed by atoms with van der Waals surface area (Å²) >= 11 is 0. The molecular formula is C13H26N2O5. The maximum absolute atomic E-state index is 11.2. The zero-order valence-corrected chi connectivity index (χ0v) is 12.1. The second-order valence-electron chi connectivity index (χ2n) is 5.14. The first kappa shape index (κ1) is 17.3. The molecule has 0 aromatic rings. The van der Waals surface area contributed by atoms with Crippen LogP contribution in [0.5, 0.6) is 0 Å². The van der Waals surface area contributed by atoms with Crippen molar-refractivity contribution in [2.45, 2.75) is 63.8 Å². The van der Waals surface area contributed by atoms with E-state index < -0.39 is 30.6 Å². The number of nitrogens with one attached hydrogen (secondary N) is 1. The number of amides is 1. The summed E-state index contributed by atoms with van der Waals surface area (Å²) in [4.78, 5) is 11.2. The Hall–Kier alpha value is -0.730. The van der Waals surface area contributed by atoms with Gasteiger partial charge >= 0.3 is 0 Å². The number of nitrogens with two attached hydrogens (primary N) is 1. The number of unbranched alkanes of at least 4 members (excludes halogenated alkanes) is 2. The van der Waals surface area contributed by atoms with E-state index in [1.807, 2.05) is 0 Å². The third kappa shape index (κ3) is 4.99. The minimum Gasteiger partial charge on any atom is -0.388 e. The van der Waals surface area contributed by atoms with E-state index >= 15 is 0 Å². The van der Waals surface area contributed by atoms with Crippen LogP contribution in [-0.4, -0.2) is 59.9 Å². The molecule has 1 saturated heterocycles. The maximum atomic E-state index is 11.2. The molecular weight excluding hydrogens is 264 g/mol. The monoisotopic (exact) mass is 290 g/mol. The van der Waals surface area contributed by atoms with Gasteiger partial charge < -0.3 is 30.7 Å². The van der Waals surface area contributed by atoms with Crippen molar-refractivity contribution >= 4 is 5.91 Å². The molecule has 0 bridgehead atoms. The lowest BCUT2D eigenvalue weighted by Gasteiger charge is -2.41. The van der Waals surface area contributed by atoms with Crippen LogP contribution in [0.2, 0.25) is 0 Å². The van der Waals surface area contributed by atoms with Crippen molar-refractivity contribution in [1.29, 1.82) is 0 Å². The quantitative estimate of drug-likeness (QED) is 0.452. The van der Waals surface area contributed by atoms with Crippen LogP contribution in [0, 0.1) is 0 Å². The second-order valence-corrected chi connectivity index (χ2v) is 5.14. The summed E-state index contributed by atoms with van der Waals surface area (Å²) < 4.78 is 11.1. The van der Waals surface area contributed by atoms with Crippen LogP contribution in [-0.2, 0) is 14.3 Å². The maximum Gasteiger partial charge on any atom is 0.217 e. The molecule has 7 nitrogen and oxygen atoms in total. The number of carbonyl (C=O) groups is 1. The van der Waals surface area contributed by atoms with Gasteiger partial charge in [0.05, 0.1) is 6.10 Å². The van der Waals surface area contributed by atoms with Gasteiger partial charge in [0.15, 0.2) is 6.29 Å². The van der Waals surface area contributed by atoms with E-state index in [1.54, 1.807) is 6.92 Å². The summed E-state index contributed by atoms with van der Waals surface area (Å²) in [5.41, 5.74) is 5.41. The van der Waals surface area contributed by atoms with Crippen LogP contribution in [0.15, 0.2) is 0 Å². The Morgan fingerprint density at radius 1 is 1.30 bits per heavy atom. The fraction of sp³-hybridized carbons (Fsp3) is 0.923. The number of carbonyl (C=O) groups excluding carboxylic acids is 1. The van der Waals surface area contributed by atoms with Gasteiger partial charge in [0.2, 0.25) is 5.91 Å². The number of hydrogen-bond acceptors (Lipinski definition) is 6. The van der Waals surface area contributed by atoms with Crippen molar-refractivity contribution in [3.05, 3.63) is 0 Å². The van der Waals surface area contributed by atoms with E-state index in [-0.39, 0.29) is 5.91 Å². The Morgan fingerprint density at radius 2 is 2.00 bits per heavy atom. The fourth-order valence-electron chi connectivity index (χ4n) is 2.18. The van der Waals surface area contributed by atoms with Gasteiger partial charge in [-0.15, -0.1) is 0 Å². The highest BCUT2D eigenvalue weighted by molar-refractivity contribution is 5.73. The lowest BCUT2D eigenvalue weighted by Crippen LogP contribution is -2.63. The molecule has 7 heteroatoms. The fourth-order valence-corrected chi connectivity index (χ4v) is 2.18. The summed E-state index contributed by atoms with van der Waals surface area (Å²) in [5, 5.41) is 22.4. The number of aliphatic hydroxyl groups excluding tert-OH is 2. The molecule has 1 aliphatic heterocycles. The SMILES string of the molecule is CC(=O)NC1C(O)[C@H](O)C(C)O[C@@H]1OCCCCCN. The normalized spacial score (nSPS) is 34.0. The van der Waals surface area contributed by atoms with Crippen LogP contribution in [0.3, 0.4) is 0 Å². The summed E-state index contributed by atoms with van der Waals surface area (Å²) in [6.45, 7) is 4.10. The van der Waals surface area contributed by atoms with Crippen molar-refractivity contribution in [3.8, 4) is 0 Å². The average Bonchev–Trinajstić information content (AvgIpc) is 2.40. The highest BCUT2D eigenvalue weighted by Crippen LogP contribution is 2.22. The molecule has 1 fully saturated rings. The molecule has 5 N–H and O–H groups in total. The van der Waals surface area contributed by atoms with Gasteiger partial charge in [-0.2, -0.15) is 0 Å². The van der Waals surface area contributed by atoms with E-state index in [9.17, 15) is 15.0 Å². The van der Waals surface area contributed by atoms with Crippen molar-refractivity contribution < 1.29 is 24.5 Å². The zero-order valence-electron chi connectivity index (χ0n) is 12.1. The van der Waals surface area contributed by atoms with Gasteiger partial charge in [-0.3, -0.25) is 4.79 Å². The number of aliphatic hydroxyl groups is 2. The Morgan fingerprint density at radius 3 is 2.60 bits per heavy atom. The molecule has 1 aliphatic rings. The molecule has 1 rings (SSSR count). The molecule has 0 saturated carbocycles. The van der Waals surface area contributed by atoms with Crippen molar-refractivity contribution in [1.82, 2.24) is 5.32 Å². The molecule has 0 aromatic heterocycles. The minimum absolute atomic E-state index is 0.309. The lowest BCUT2D eigenvalue weighted by molar-refractivity contribution is -0.260. The molecule has 0 spiro atoms. The number of ether oxygens (including phenoxy) is 2. The average molecular weight is 290 g/mol. The minimum atomic E-state index is -1.11. The van der Waals surface area contributed by atoms with Crippen molar-refractivity contribution in [2.24, 2.45) is 5.73 Å². The van der Waals surface area contributed by atoms with E-state index in [1.165, 1.54) is 6.92 Å². The molecule has 1 heterocycles. The Labute approximate surface area is 119 Å². The molecule has 20 heavy (non-hydrogen) atoms. The summed E-state index contributed by atoms with van der Waals surface area (Å²) in [6.07, 6.45) is -0.761.